The lowest BCUT2D eigenvalue weighted by Gasteiger charge is -2.35. The highest BCUT2D eigenvalue weighted by atomic mass is 16.2. The molecule has 2 saturated heterocycles. The number of carbonyl (C=O) groups is 1. The normalized spacial score (nSPS) is 23.5. The predicted octanol–water partition coefficient (Wildman–Crippen LogP) is 2.91. The van der Waals surface area contributed by atoms with Crippen LogP contribution >= 0.6 is 0 Å². The molecule has 1 amide bonds. The molecule has 0 bridgehead atoms. The molecule has 114 valence electrons. The van der Waals surface area contributed by atoms with Crippen molar-refractivity contribution in [1.82, 2.24) is 10.2 Å². The van der Waals surface area contributed by atoms with E-state index in [1.807, 2.05) is 24.8 Å². The molecular formula is C18H26N2O. The molecule has 3 nitrogen and oxygen atoms in total. The van der Waals surface area contributed by atoms with Crippen LogP contribution in [0.4, 0.5) is 0 Å². The number of hydrogen-bond acceptors (Lipinski definition) is 2. The van der Waals surface area contributed by atoms with E-state index >= 15 is 0 Å². The van der Waals surface area contributed by atoms with Crippen molar-refractivity contribution in [3.05, 3.63) is 34.9 Å². The smallest absolute Gasteiger partial charge is 0.254 e. The molecule has 1 unspecified atom stereocenters. The number of rotatable bonds is 2. The van der Waals surface area contributed by atoms with Gasteiger partial charge >= 0.3 is 0 Å². The zero-order valence-electron chi connectivity index (χ0n) is 13.2. The molecule has 1 aromatic carbocycles. The minimum absolute atomic E-state index is 0.217. The van der Waals surface area contributed by atoms with Gasteiger partial charge in [-0.3, -0.25) is 4.79 Å². The second-order valence-electron chi connectivity index (χ2n) is 6.65. The lowest BCUT2D eigenvalue weighted by molar-refractivity contribution is 0.0673. The number of likely N-dealkylation sites (tertiary alicyclic amines) is 1. The standard InChI is InChI=1S/C18H26N2O/c1-13-5-6-14(2)16(12-13)18(21)20-10-7-15(8-11-20)17-4-3-9-19-17/h5-6,12,15,17,19H,3-4,7-11H2,1-2H3. The van der Waals surface area contributed by atoms with E-state index in [2.05, 4.69) is 17.4 Å². The molecule has 0 aromatic heterocycles. The van der Waals surface area contributed by atoms with Crippen molar-refractivity contribution in [3.63, 3.8) is 0 Å². The first-order valence-electron chi connectivity index (χ1n) is 8.25. The molecule has 0 aliphatic carbocycles. The molecule has 2 heterocycles. The third kappa shape index (κ3) is 3.13. The zero-order valence-corrected chi connectivity index (χ0v) is 13.2. The SMILES string of the molecule is Cc1ccc(C)c(C(=O)N2CCC(C3CCCN3)CC2)c1. The Hall–Kier alpha value is -1.35. The maximum atomic E-state index is 12.7. The van der Waals surface area contributed by atoms with Gasteiger partial charge in [-0.2, -0.15) is 0 Å². The van der Waals surface area contributed by atoms with E-state index in [9.17, 15) is 4.79 Å². The van der Waals surface area contributed by atoms with Gasteiger partial charge in [-0.15, -0.1) is 0 Å². The molecule has 2 aliphatic heterocycles. The number of carbonyl (C=O) groups excluding carboxylic acids is 1. The fourth-order valence-corrected chi connectivity index (χ4v) is 3.76. The summed E-state index contributed by atoms with van der Waals surface area (Å²) in [4.78, 5) is 14.8. The summed E-state index contributed by atoms with van der Waals surface area (Å²) in [5.74, 6) is 0.976. The summed E-state index contributed by atoms with van der Waals surface area (Å²) in [7, 11) is 0. The van der Waals surface area contributed by atoms with Crippen LogP contribution in [0.1, 0.15) is 47.2 Å². The van der Waals surface area contributed by atoms with Crippen LogP contribution in [-0.4, -0.2) is 36.5 Å². The topological polar surface area (TPSA) is 32.3 Å². The van der Waals surface area contributed by atoms with Crippen molar-refractivity contribution in [2.24, 2.45) is 5.92 Å². The first kappa shape index (κ1) is 14.6. The molecule has 21 heavy (non-hydrogen) atoms. The maximum Gasteiger partial charge on any atom is 0.254 e. The summed E-state index contributed by atoms with van der Waals surface area (Å²) in [6, 6.07) is 6.85. The Morgan fingerprint density at radius 2 is 1.95 bits per heavy atom. The van der Waals surface area contributed by atoms with E-state index in [1.54, 1.807) is 0 Å². The van der Waals surface area contributed by atoms with E-state index in [1.165, 1.54) is 19.4 Å². The van der Waals surface area contributed by atoms with Gasteiger partial charge in [0.15, 0.2) is 0 Å². The van der Waals surface area contributed by atoms with Crippen LogP contribution in [0.25, 0.3) is 0 Å². The molecule has 3 rings (SSSR count). The van der Waals surface area contributed by atoms with Crippen LogP contribution in [-0.2, 0) is 0 Å². The van der Waals surface area contributed by atoms with E-state index < -0.39 is 0 Å². The molecule has 0 saturated carbocycles. The highest BCUT2D eigenvalue weighted by Crippen LogP contribution is 2.26. The highest BCUT2D eigenvalue weighted by Gasteiger charge is 2.30. The van der Waals surface area contributed by atoms with Crippen molar-refractivity contribution in [1.29, 1.82) is 0 Å². The van der Waals surface area contributed by atoms with Crippen LogP contribution in [0, 0.1) is 19.8 Å². The van der Waals surface area contributed by atoms with Gasteiger partial charge in [0.2, 0.25) is 0 Å². The fraction of sp³-hybridized carbons (Fsp3) is 0.611. The van der Waals surface area contributed by atoms with Crippen molar-refractivity contribution in [3.8, 4) is 0 Å². The summed E-state index contributed by atoms with van der Waals surface area (Å²) in [6.07, 6.45) is 4.92. The number of nitrogens with one attached hydrogen (secondary N) is 1. The third-order valence-corrected chi connectivity index (χ3v) is 5.12. The molecule has 1 atom stereocenters. The Labute approximate surface area is 127 Å². The van der Waals surface area contributed by atoms with Gasteiger partial charge in [0.05, 0.1) is 0 Å². The summed E-state index contributed by atoms with van der Waals surface area (Å²) in [6.45, 7) is 7.08. The maximum absolute atomic E-state index is 12.7. The van der Waals surface area contributed by atoms with E-state index in [-0.39, 0.29) is 5.91 Å². The molecule has 0 radical (unpaired) electrons. The number of benzene rings is 1. The quantitative estimate of drug-likeness (QED) is 0.906. The molecule has 2 aliphatic rings. The van der Waals surface area contributed by atoms with Gasteiger partial charge in [-0.1, -0.05) is 17.7 Å². The molecule has 2 fully saturated rings. The average molecular weight is 286 g/mol. The van der Waals surface area contributed by atoms with Gasteiger partial charge in [0, 0.05) is 24.7 Å². The Balaban J connectivity index is 1.63. The van der Waals surface area contributed by atoms with Crippen LogP contribution in [0.3, 0.4) is 0 Å². The van der Waals surface area contributed by atoms with Crippen molar-refractivity contribution < 1.29 is 4.79 Å². The van der Waals surface area contributed by atoms with Crippen molar-refractivity contribution in [2.45, 2.75) is 45.6 Å². The van der Waals surface area contributed by atoms with Gasteiger partial charge < -0.3 is 10.2 Å². The largest absolute Gasteiger partial charge is 0.339 e. The average Bonchev–Trinajstić information content (AvgIpc) is 3.03. The monoisotopic (exact) mass is 286 g/mol. The van der Waals surface area contributed by atoms with Gasteiger partial charge in [-0.05, 0) is 63.6 Å². The Morgan fingerprint density at radius 1 is 1.19 bits per heavy atom. The van der Waals surface area contributed by atoms with E-state index in [0.29, 0.717) is 6.04 Å². The third-order valence-electron chi connectivity index (χ3n) is 5.12. The molecule has 0 spiro atoms. The summed E-state index contributed by atoms with van der Waals surface area (Å²) in [5, 5.41) is 3.62. The first-order chi connectivity index (χ1) is 10.1. The Kier molecular flexibility index (Phi) is 4.29. The molecule has 3 heteroatoms. The van der Waals surface area contributed by atoms with Gasteiger partial charge in [0.25, 0.3) is 5.91 Å². The van der Waals surface area contributed by atoms with Crippen LogP contribution < -0.4 is 5.32 Å². The minimum Gasteiger partial charge on any atom is -0.339 e. The predicted molar refractivity (Wildman–Crippen MR) is 85.6 cm³/mol. The molecular weight excluding hydrogens is 260 g/mol. The number of amides is 1. The molecule has 1 N–H and O–H groups in total. The molecule has 1 aromatic rings. The second kappa shape index (κ2) is 6.18. The number of nitrogens with zero attached hydrogens (tertiary/aromatic N) is 1. The summed E-state index contributed by atoms with van der Waals surface area (Å²) >= 11 is 0. The second-order valence-corrected chi connectivity index (χ2v) is 6.65. The lowest BCUT2D eigenvalue weighted by atomic mass is 9.88. The van der Waals surface area contributed by atoms with E-state index in [0.717, 1.165) is 48.5 Å². The fourth-order valence-electron chi connectivity index (χ4n) is 3.76. The summed E-state index contributed by atoms with van der Waals surface area (Å²) in [5.41, 5.74) is 3.13. The lowest BCUT2D eigenvalue weighted by Crippen LogP contribution is -2.43. The number of piperidine rings is 1. The van der Waals surface area contributed by atoms with Crippen molar-refractivity contribution in [2.75, 3.05) is 19.6 Å². The number of aryl methyl sites for hydroxylation is 2. The van der Waals surface area contributed by atoms with Crippen LogP contribution in [0.2, 0.25) is 0 Å². The summed E-state index contributed by atoms with van der Waals surface area (Å²) < 4.78 is 0. The Bertz CT molecular complexity index is 512. The minimum atomic E-state index is 0.217. The first-order valence-corrected chi connectivity index (χ1v) is 8.25. The van der Waals surface area contributed by atoms with Gasteiger partial charge in [-0.25, -0.2) is 0 Å². The van der Waals surface area contributed by atoms with Crippen LogP contribution in [0.5, 0.6) is 0 Å². The Morgan fingerprint density at radius 3 is 2.62 bits per heavy atom. The van der Waals surface area contributed by atoms with E-state index in [4.69, 9.17) is 0 Å². The number of hydrogen-bond donors (Lipinski definition) is 1. The zero-order chi connectivity index (χ0) is 14.8. The highest BCUT2D eigenvalue weighted by molar-refractivity contribution is 5.95. The van der Waals surface area contributed by atoms with Crippen LogP contribution in [0.15, 0.2) is 18.2 Å². The van der Waals surface area contributed by atoms with Gasteiger partial charge in [0.1, 0.15) is 0 Å². The van der Waals surface area contributed by atoms with Crippen molar-refractivity contribution >= 4 is 5.91 Å².